The van der Waals surface area contributed by atoms with Crippen LogP contribution in [0, 0.1) is 14.9 Å². The van der Waals surface area contributed by atoms with Crippen LogP contribution in [0.15, 0.2) is 48.5 Å². The summed E-state index contributed by atoms with van der Waals surface area (Å²) in [4.78, 5) is 12.0. The number of carbonyl (C=O) groups is 1. The molecule has 2 aromatic carbocycles. The maximum atomic E-state index is 12.0. The predicted octanol–water partition coefficient (Wildman–Crippen LogP) is 3.61. The summed E-state index contributed by atoms with van der Waals surface area (Å²) >= 11 is 2.17. The van der Waals surface area contributed by atoms with Gasteiger partial charge in [-0.1, -0.05) is 18.2 Å². The van der Waals surface area contributed by atoms with Crippen molar-refractivity contribution in [3.63, 3.8) is 0 Å². The third-order valence-corrected chi connectivity index (χ3v) is 3.25. The summed E-state index contributed by atoms with van der Waals surface area (Å²) in [6.07, 6.45) is 0.380. The van der Waals surface area contributed by atoms with Gasteiger partial charge in [-0.2, -0.15) is 5.26 Å². The fraction of sp³-hybridized carbons (Fsp3) is 0.0667. The Morgan fingerprint density at radius 1 is 1.21 bits per heavy atom. The quantitative estimate of drug-likeness (QED) is 0.849. The molecule has 0 aliphatic heterocycles. The van der Waals surface area contributed by atoms with Crippen LogP contribution in [0.1, 0.15) is 15.9 Å². The van der Waals surface area contributed by atoms with Gasteiger partial charge >= 0.3 is 0 Å². The van der Waals surface area contributed by atoms with Gasteiger partial charge in [-0.15, -0.1) is 0 Å². The highest BCUT2D eigenvalue weighted by molar-refractivity contribution is 14.1. The molecule has 0 aromatic heterocycles. The highest BCUT2D eigenvalue weighted by Gasteiger charge is 2.06. The average molecular weight is 362 g/mol. The Hall–Kier alpha value is -1.87. The standard InChI is InChI=1S/C15H11IN2O/c16-13-3-1-2-12(10-13)15(19)18-14-6-4-11(5-7-14)8-9-17/h1-7,10H,8H2,(H,18,19). The van der Waals surface area contributed by atoms with Crippen LogP contribution >= 0.6 is 22.6 Å². The number of benzene rings is 2. The van der Waals surface area contributed by atoms with Crippen LogP contribution in [-0.2, 0) is 6.42 Å². The number of hydrogen-bond acceptors (Lipinski definition) is 2. The highest BCUT2D eigenvalue weighted by atomic mass is 127. The average Bonchev–Trinajstić information content (AvgIpc) is 2.41. The van der Waals surface area contributed by atoms with Crippen molar-refractivity contribution in [3.8, 4) is 6.07 Å². The van der Waals surface area contributed by atoms with E-state index in [1.807, 2.05) is 30.3 Å². The molecule has 2 aromatic rings. The van der Waals surface area contributed by atoms with Crippen molar-refractivity contribution in [1.82, 2.24) is 0 Å². The van der Waals surface area contributed by atoms with Crippen molar-refractivity contribution in [1.29, 1.82) is 5.26 Å². The summed E-state index contributed by atoms with van der Waals surface area (Å²) in [5.41, 5.74) is 2.30. The van der Waals surface area contributed by atoms with Crippen molar-refractivity contribution in [2.75, 3.05) is 5.32 Å². The molecule has 0 radical (unpaired) electrons. The van der Waals surface area contributed by atoms with Crippen LogP contribution in [0.3, 0.4) is 0 Å². The Bertz CT molecular complexity index is 629. The van der Waals surface area contributed by atoms with Crippen molar-refractivity contribution < 1.29 is 4.79 Å². The SMILES string of the molecule is N#CCc1ccc(NC(=O)c2cccc(I)c2)cc1. The normalized spacial score (nSPS) is 9.68. The van der Waals surface area contributed by atoms with Gasteiger partial charge in [0, 0.05) is 14.8 Å². The lowest BCUT2D eigenvalue weighted by atomic mass is 10.1. The Labute approximate surface area is 125 Å². The van der Waals surface area contributed by atoms with E-state index in [1.165, 1.54) is 0 Å². The van der Waals surface area contributed by atoms with Gasteiger partial charge in [0.25, 0.3) is 5.91 Å². The smallest absolute Gasteiger partial charge is 0.255 e. The third kappa shape index (κ3) is 3.80. The highest BCUT2D eigenvalue weighted by Crippen LogP contribution is 2.13. The molecule has 0 fully saturated rings. The molecule has 0 saturated carbocycles. The molecule has 2 rings (SSSR count). The van der Waals surface area contributed by atoms with E-state index in [1.54, 1.807) is 18.2 Å². The number of nitrogens with one attached hydrogen (secondary N) is 1. The monoisotopic (exact) mass is 362 g/mol. The Balaban J connectivity index is 2.09. The summed E-state index contributed by atoms with van der Waals surface area (Å²) in [6.45, 7) is 0. The molecule has 4 heteroatoms. The van der Waals surface area contributed by atoms with Crippen LogP contribution < -0.4 is 5.32 Å². The number of nitriles is 1. The lowest BCUT2D eigenvalue weighted by Gasteiger charge is -2.06. The molecule has 0 saturated heterocycles. The van der Waals surface area contributed by atoms with Crippen LogP contribution in [0.5, 0.6) is 0 Å². The Kier molecular flexibility index (Phi) is 4.53. The number of rotatable bonds is 3. The zero-order valence-electron chi connectivity index (χ0n) is 10.1. The van der Waals surface area contributed by atoms with Crippen molar-refractivity contribution in [2.45, 2.75) is 6.42 Å². The molecule has 0 atom stereocenters. The first-order valence-electron chi connectivity index (χ1n) is 5.72. The molecule has 0 bridgehead atoms. The minimum Gasteiger partial charge on any atom is -0.322 e. The van der Waals surface area contributed by atoms with Crippen molar-refractivity contribution in [3.05, 3.63) is 63.2 Å². The van der Waals surface area contributed by atoms with Gasteiger partial charge in [-0.3, -0.25) is 4.79 Å². The molecule has 0 aliphatic carbocycles. The molecule has 1 amide bonds. The van der Waals surface area contributed by atoms with E-state index in [0.29, 0.717) is 12.0 Å². The number of carbonyl (C=O) groups excluding carboxylic acids is 1. The zero-order chi connectivity index (χ0) is 13.7. The molecule has 0 unspecified atom stereocenters. The van der Waals surface area contributed by atoms with Gasteiger partial charge in [0.05, 0.1) is 12.5 Å². The van der Waals surface area contributed by atoms with Crippen LogP contribution in [0.4, 0.5) is 5.69 Å². The van der Waals surface area contributed by atoms with E-state index in [4.69, 9.17) is 5.26 Å². The van der Waals surface area contributed by atoms with Crippen LogP contribution in [0.2, 0.25) is 0 Å². The largest absolute Gasteiger partial charge is 0.322 e. The predicted molar refractivity (Wildman–Crippen MR) is 82.9 cm³/mol. The first kappa shape index (κ1) is 13.6. The van der Waals surface area contributed by atoms with Gasteiger partial charge in [-0.25, -0.2) is 0 Å². The summed E-state index contributed by atoms with van der Waals surface area (Å²) in [5.74, 6) is -0.133. The van der Waals surface area contributed by atoms with E-state index in [2.05, 4.69) is 34.0 Å². The molecule has 0 aliphatic rings. The Morgan fingerprint density at radius 3 is 2.58 bits per heavy atom. The summed E-state index contributed by atoms with van der Waals surface area (Å²) in [7, 11) is 0. The van der Waals surface area contributed by atoms with Gasteiger partial charge in [0.2, 0.25) is 0 Å². The summed E-state index contributed by atoms with van der Waals surface area (Å²) in [6, 6.07) is 16.8. The second kappa shape index (κ2) is 6.34. The van der Waals surface area contributed by atoms with E-state index < -0.39 is 0 Å². The van der Waals surface area contributed by atoms with Crippen molar-refractivity contribution in [2.24, 2.45) is 0 Å². The number of halogens is 1. The summed E-state index contributed by atoms with van der Waals surface area (Å²) < 4.78 is 1.02. The molecular weight excluding hydrogens is 351 g/mol. The second-order valence-electron chi connectivity index (χ2n) is 4.00. The lowest BCUT2D eigenvalue weighted by molar-refractivity contribution is 0.102. The van der Waals surface area contributed by atoms with Crippen molar-refractivity contribution >= 4 is 34.2 Å². The van der Waals surface area contributed by atoms with E-state index in [9.17, 15) is 4.79 Å². The molecule has 19 heavy (non-hydrogen) atoms. The lowest BCUT2D eigenvalue weighted by Crippen LogP contribution is -2.11. The molecular formula is C15H11IN2O. The minimum atomic E-state index is -0.133. The third-order valence-electron chi connectivity index (χ3n) is 2.58. The van der Waals surface area contributed by atoms with E-state index >= 15 is 0 Å². The second-order valence-corrected chi connectivity index (χ2v) is 5.24. The van der Waals surface area contributed by atoms with Gasteiger partial charge in [0.15, 0.2) is 0 Å². The van der Waals surface area contributed by atoms with Gasteiger partial charge in [-0.05, 0) is 58.5 Å². The first-order valence-corrected chi connectivity index (χ1v) is 6.80. The maximum Gasteiger partial charge on any atom is 0.255 e. The molecule has 0 spiro atoms. The van der Waals surface area contributed by atoms with Gasteiger partial charge in [0.1, 0.15) is 0 Å². The van der Waals surface area contributed by atoms with E-state index in [0.717, 1.165) is 14.8 Å². The van der Waals surface area contributed by atoms with Crippen LogP contribution in [-0.4, -0.2) is 5.91 Å². The zero-order valence-corrected chi connectivity index (χ0v) is 12.2. The fourth-order valence-corrected chi connectivity index (χ4v) is 2.17. The van der Waals surface area contributed by atoms with E-state index in [-0.39, 0.29) is 5.91 Å². The number of amides is 1. The molecule has 3 nitrogen and oxygen atoms in total. The minimum absolute atomic E-state index is 0.133. The fourth-order valence-electron chi connectivity index (χ4n) is 1.63. The Morgan fingerprint density at radius 2 is 1.95 bits per heavy atom. The van der Waals surface area contributed by atoms with Crippen LogP contribution in [0.25, 0.3) is 0 Å². The molecule has 0 heterocycles. The summed E-state index contributed by atoms with van der Waals surface area (Å²) in [5, 5.41) is 11.4. The topological polar surface area (TPSA) is 52.9 Å². The van der Waals surface area contributed by atoms with Gasteiger partial charge < -0.3 is 5.32 Å². The number of hydrogen-bond donors (Lipinski definition) is 1. The number of nitrogens with zero attached hydrogens (tertiary/aromatic N) is 1. The number of anilines is 1. The first-order chi connectivity index (χ1) is 9.19. The molecule has 1 N–H and O–H groups in total. The molecule has 94 valence electrons. The maximum absolute atomic E-state index is 12.0.